The molecule has 0 spiro atoms. The highest BCUT2D eigenvalue weighted by atomic mass is 35.5. The highest BCUT2D eigenvalue weighted by Gasteiger charge is 2.27. The highest BCUT2D eigenvalue weighted by molar-refractivity contribution is 6.31. The summed E-state index contributed by atoms with van der Waals surface area (Å²) >= 11 is 5.95. The van der Waals surface area contributed by atoms with Gasteiger partial charge in [0.2, 0.25) is 0 Å². The third-order valence-electron chi connectivity index (χ3n) is 2.88. The number of nitrogens with one attached hydrogen (secondary N) is 2. The van der Waals surface area contributed by atoms with E-state index in [-0.39, 0.29) is 5.91 Å². The Hall–Kier alpha value is -1.00. The molecule has 17 heavy (non-hydrogen) atoms. The number of carbonyl (C=O) groups excluding carboxylic acids is 1. The van der Waals surface area contributed by atoms with Gasteiger partial charge in [-0.1, -0.05) is 11.6 Å². The van der Waals surface area contributed by atoms with Crippen LogP contribution in [0.3, 0.4) is 0 Å². The zero-order chi connectivity index (χ0) is 12.3. The van der Waals surface area contributed by atoms with Crippen molar-refractivity contribution in [2.24, 2.45) is 0 Å². The molecule has 2 N–H and O–H groups in total. The summed E-state index contributed by atoms with van der Waals surface area (Å²) < 4.78 is 2.00. The third-order valence-corrected chi connectivity index (χ3v) is 3.08. The number of halogens is 1. The molecule has 4 nitrogen and oxygen atoms in total. The fourth-order valence-electron chi connectivity index (χ4n) is 1.84. The van der Waals surface area contributed by atoms with Crippen molar-refractivity contribution in [1.29, 1.82) is 0 Å². The molecule has 1 heterocycles. The number of aromatic nitrogens is 1. The minimum absolute atomic E-state index is 0.0279. The Kier molecular flexibility index (Phi) is 4.07. The molecule has 0 radical (unpaired) electrons. The van der Waals surface area contributed by atoms with Crippen molar-refractivity contribution < 1.29 is 4.79 Å². The van der Waals surface area contributed by atoms with Gasteiger partial charge in [0.25, 0.3) is 5.91 Å². The van der Waals surface area contributed by atoms with Gasteiger partial charge in [0, 0.05) is 18.8 Å². The van der Waals surface area contributed by atoms with E-state index in [4.69, 9.17) is 11.6 Å². The van der Waals surface area contributed by atoms with Crippen molar-refractivity contribution in [3.8, 4) is 0 Å². The Bertz CT molecular complexity index is 398. The van der Waals surface area contributed by atoms with E-state index in [1.165, 1.54) is 0 Å². The molecule has 0 bridgehead atoms. The van der Waals surface area contributed by atoms with Crippen LogP contribution < -0.4 is 10.6 Å². The molecule has 0 aliphatic heterocycles. The van der Waals surface area contributed by atoms with Crippen LogP contribution in [0.4, 0.5) is 0 Å². The number of nitrogens with zero attached hydrogens (tertiary/aromatic N) is 1. The summed E-state index contributed by atoms with van der Waals surface area (Å²) in [6, 6.07) is 2.22. The Balaban J connectivity index is 1.93. The van der Waals surface area contributed by atoms with Gasteiger partial charge in [-0.15, -0.1) is 0 Å². The summed E-state index contributed by atoms with van der Waals surface area (Å²) in [6.45, 7) is 1.60. The van der Waals surface area contributed by atoms with E-state index in [1.54, 1.807) is 6.07 Å². The van der Waals surface area contributed by atoms with E-state index >= 15 is 0 Å². The maximum Gasteiger partial charge on any atom is 0.267 e. The van der Waals surface area contributed by atoms with Crippen LogP contribution in [0.5, 0.6) is 0 Å². The molecule has 1 amide bonds. The molecule has 94 valence electrons. The number of rotatable bonds is 6. The van der Waals surface area contributed by atoms with Crippen molar-refractivity contribution in [2.45, 2.75) is 25.3 Å². The molecule has 5 heteroatoms. The van der Waals surface area contributed by atoms with Gasteiger partial charge in [0.15, 0.2) is 0 Å². The van der Waals surface area contributed by atoms with E-state index in [1.807, 2.05) is 17.8 Å². The van der Waals surface area contributed by atoms with Gasteiger partial charge in [-0.3, -0.25) is 4.79 Å². The monoisotopic (exact) mass is 255 g/mol. The predicted molar refractivity (Wildman–Crippen MR) is 68.6 cm³/mol. The van der Waals surface area contributed by atoms with Crippen LogP contribution in [0.15, 0.2) is 12.3 Å². The van der Waals surface area contributed by atoms with Crippen LogP contribution in [0.25, 0.3) is 0 Å². The first-order valence-electron chi connectivity index (χ1n) is 6.02. The van der Waals surface area contributed by atoms with E-state index in [0.29, 0.717) is 23.3 Å². The van der Waals surface area contributed by atoms with Gasteiger partial charge in [-0.25, -0.2) is 0 Å². The van der Waals surface area contributed by atoms with Crippen molar-refractivity contribution >= 4 is 17.5 Å². The van der Waals surface area contributed by atoms with Gasteiger partial charge >= 0.3 is 0 Å². The Labute approximate surface area is 106 Å². The lowest BCUT2D eigenvalue weighted by Gasteiger charge is -2.08. The lowest BCUT2D eigenvalue weighted by Crippen LogP contribution is -2.28. The van der Waals surface area contributed by atoms with E-state index in [0.717, 1.165) is 25.8 Å². The zero-order valence-electron chi connectivity index (χ0n) is 10.0. The quantitative estimate of drug-likeness (QED) is 0.762. The number of hydrogen-bond donors (Lipinski definition) is 2. The topological polar surface area (TPSA) is 46.1 Å². The lowest BCUT2D eigenvalue weighted by molar-refractivity contribution is 0.0944. The Morgan fingerprint density at radius 3 is 2.94 bits per heavy atom. The lowest BCUT2D eigenvalue weighted by atomic mass is 10.3. The third kappa shape index (κ3) is 3.23. The molecule has 1 aromatic heterocycles. The second kappa shape index (κ2) is 5.56. The van der Waals surface area contributed by atoms with Crippen molar-refractivity contribution in [1.82, 2.24) is 15.2 Å². The first-order chi connectivity index (χ1) is 8.22. The minimum atomic E-state index is -0.0279. The highest BCUT2D eigenvalue weighted by Crippen LogP contribution is 2.37. The fourth-order valence-corrected chi connectivity index (χ4v) is 2.05. The fraction of sp³-hybridized carbons (Fsp3) is 0.583. The molecule has 0 atom stereocenters. The molecule has 1 fully saturated rings. The molecule has 1 aromatic rings. The number of hydrogen-bond acceptors (Lipinski definition) is 2. The molecule has 1 aliphatic carbocycles. The van der Waals surface area contributed by atoms with Gasteiger partial charge < -0.3 is 15.2 Å². The molecular weight excluding hydrogens is 238 g/mol. The second-order valence-corrected chi connectivity index (χ2v) is 4.83. The van der Waals surface area contributed by atoms with E-state index in [9.17, 15) is 4.79 Å². The molecule has 1 aliphatic rings. The standard InChI is InChI=1S/C12H18ClN3O/c1-14-5-2-6-15-12(17)11-7-9(13)8-16(11)10-3-4-10/h7-8,10,14H,2-6H2,1H3,(H,15,17). The SMILES string of the molecule is CNCCCNC(=O)c1cc(Cl)cn1C1CC1. The van der Waals surface area contributed by atoms with Crippen molar-refractivity contribution in [2.75, 3.05) is 20.1 Å². The molecule has 0 saturated heterocycles. The summed E-state index contributed by atoms with van der Waals surface area (Å²) in [5, 5.41) is 6.60. The van der Waals surface area contributed by atoms with Gasteiger partial charge in [-0.05, 0) is 38.9 Å². The first-order valence-corrected chi connectivity index (χ1v) is 6.40. The number of carbonyl (C=O) groups is 1. The average Bonchev–Trinajstić information content (AvgIpc) is 3.08. The Morgan fingerprint density at radius 1 is 1.53 bits per heavy atom. The van der Waals surface area contributed by atoms with Crippen LogP contribution in [0.2, 0.25) is 5.02 Å². The van der Waals surface area contributed by atoms with Crippen molar-refractivity contribution in [3.63, 3.8) is 0 Å². The second-order valence-electron chi connectivity index (χ2n) is 4.40. The molecule has 1 saturated carbocycles. The number of amides is 1. The van der Waals surface area contributed by atoms with Gasteiger partial charge in [-0.2, -0.15) is 0 Å². The van der Waals surface area contributed by atoms with Gasteiger partial charge in [0.05, 0.1) is 5.02 Å². The van der Waals surface area contributed by atoms with Crippen LogP contribution in [0, 0.1) is 0 Å². The first kappa shape index (κ1) is 12.5. The van der Waals surface area contributed by atoms with Gasteiger partial charge in [0.1, 0.15) is 5.69 Å². The summed E-state index contributed by atoms with van der Waals surface area (Å²) in [6.07, 6.45) is 5.07. The molecule has 0 unspecified atom stereocenters. The van der Waals surface area contributed by atoms with Crippen LogP contribution in [-0.2, 0) is 0 Å². The minimum Gasteiger partial charge on any atom is -0.351 e. The maximum absolute atomic E-state index is 12.0. The normalized spacial score (nSPS) is 14.9. The summed E-state index contributed by atoms with van der Waals surface area (Å²) in [5.41, 5.74) is 0.682. The smallest absolute Gasteiger partial charge is 0.267 e. The molecule has 0 aromatic carbocycles. The largest absolute Gasteiger partial charge is 0.351 e. The average molecular weight is 256 g/mol. The zero-order valence-corrected chi connectivity index (χ0v) is 10.8. The van der Waals surface area contributed by atoms with Crippen molar-refractivity contribution in [3.05, 3.63) is 23.0 Å². The van der Waals surface area contributed by atoms with Crippen LogP contribution in [-0.4, -0.2) is 30.6 Å². The van der Waals surface area contributed by atoms with E-state index < -0.39 is 0 Å². The maximum atomic E-state index is 12.0. The predicted octanol–water partition coefficient (Wildman–Crippen LogP) is 1.82. The van der Waals surface area contributed by atoms with E-state index in [2.05, 4.69) is 10.6 Å². The van der Waals surface area contributed by atoms with Crippen LogP contribution >= 0.6 is 11.6 Å². The molecule has 2 rings (SSSR count). The van der Waals surface area contributed by atoms with Crippen LogP contribution in [0.1, 0.15) is 35.8 Å². The summed E-state index contributed by atoms with van der Waals surface area (Å²) in [4.78, 5) is 12.0. The molecular formula is C12H18ClN3O. The summed E-state index contributed by atoms with van der Waals surface area (Å²) in [7, 11) is 1.90. The summed E-state index contributed by atoms with van der Waals surface area (Å²) in [5.74, 6) is -0.0279. The Morgan fingerprint density at radius 2 is 2.29 bits per heavy atom.